The Hall–Kier alpha value is -0.800. The third kappa shape index (κ3) is 1.59. The molecule has 0 aromatic carbocycles. The lowest BCUT2D eigenvalue weighted by atomic mass is 9.81. The first-order valence-electron chi connectivity index (χ1n) is 5.56. The SMILES string of the molecule is ClCc1c(-c2ccsc2)n[nH]c1C1CCC1. The first kappa shape index (κ1) is 10.4. The number of aromatic amines is 1. The van der Waals surface area contributed by atoms with E-state index in [0.29, 0.717) is 11.8 Å². The molecule has 1 aliphatic rings. The largest absolute Gasteiger partial charge is 0.281 e. The van der Waals surface area contributed by atoms with Crippen LogP contribution in [0.3, 0.4) is 0 Å². The maximum atomic E-state index is 6.06. The van der Waals surface area contributed by atoms with Gasteiger partial charge in [-0.15, -0.1) is 11.6 Å². The van der Waals surface area contributed by atoms with Crippen molar-refractivity contribution in [3.63, 3.8) is 0 Å². The fourth-order valence-corrected chi connectivity index (χ4v) is 3.10. The van der Waals surface area contributed by atoms with E-state index < -0.39 is 0 Å². The summed E-state index contributed by atoms with van der Waals surface area (Å²) in [4.78, 5) is 0. The van der Waals surface area contributed by atoms with Crippen molar-refractivity contribution in [2.75, 3.05) is 0 Å². The monoisotopic (exact) mass is 252 g/mol. The lowest BCUT2D eigenvalue weighted by molar-refractivity contribution is 0.409. The maximum absolute atomic E-state index is 6.06. The van der Waals surface area contributed by atoms with E-state index in [2.05, 4.69) is 27.0 Å². The van der Waals surface area contributed by atoms with Crippen molar-refractivity contribution < 1.29 is 0 Å². The molecule has 0 bridgehead atoms. The van der Waals surface area contributed by atoms with Crippen LogP contribution in [-0.2, 0) is 5.88 Å². The van der Waals surface area contributed by atoms with Crippen LogP contribution < -0.4 is 0 Å². The van der Waals surface area contributed by atoms with Crippen LogP contribution >= 0.6 is 22.9 Å². The number of thiophene rings is 1. The zero-order valence-electron chi connectivity index (χ0n) is 8.87. The van der Waals surface area contributed by atoms with Crippen molar-refractivity contribution in [1.82, 2.24) is 10.2 Å². The Morgan fingerprint density at radius 3 is 2.94 bits per heavy atom. The van der Waals surface area contributed by atoms with Crippen molar-refractivity contribution in [2.24, 2.45) is 0 Å². The van der Waals surface area contributed by atoms with Crippen molar-refractivity contribution in [3.05, 3.63) is 28.1 Å². The zero-order chi connectivity index (χ0) is 11.0. The molecule has 1 N–H and O–H groups in total. The summed E-state index contributed by atoms with van der Waals surface area (Å²) >= 11 is 7.76. The second-order valence-corrected chi connectivity index (χ2v) is 5.29. The van der Waals surface area contributed by atoms with Crippen molar-refractivity contribution >= 4 is 22.9 Å². The van der Waals surface area contributed by atoms with Crippen LogP contribution in [-0.4, -0.2) is 10.2 Å². The molecule has 0 radical (unpaired) electrons. The summed E-state index contributed by atoms with van der Waals surface area (Å²) in [5.74, 6) is 1.21. The molecular weight excluding hydrogens is 240 g/mol. The topological polar surface area (TPSA) is 28.7 Å². The number of hydrogen-bond donors (Lipinski definition) is 1. The lowest BCUT2D eigenvalue weighted by Crippen LogP contribution is -2.10. The molecular formula is C12H13ClN2S. The summed E-state index contributed by atoms with van der Waals surface area (Å²) in [6, 6.07) is 2.10. The van der Waals surface area contributed by atoms with Crippen LogP contribution in [0.25, 0.3) is 11.3 Å². The van der Waals surface area contributed by atoms with E-state index in [1.54, 1.807) is 11.3 Å². The molecule has 1 saturated carbocycles. The predicted octanol–water partition coefficient (Wildman–Crippen LogP) is 4.14. The second-order valence-electron chi connectivity index (χ2n) is 4.24. The van der Waals surface area contributed by atoms with Crippen LogP contribution in [0.15, 0.2) is 16.8 Å². The van der Waals surface area contributed by atoms with Crippen LogP contribution in [0.1, 0.15) is 36.4 Å². The van der Waals surface area contributed by atoms with E-state index in [1.807, 2.05) is 0 Å². The van der Waals surface area contributed by atoms with Gasteiger partial charge in [0.2, 0.25) is 0 Å². The number of nitrogens with one attached hydrogen (secondary N) is 1. The molecule has 2 aromatic heterocycles. The quantitative estimate of drug-likeness (QED) is 0.817. The van der Waals surface area contributed by atoms with Gasteiger partial charge in [0.05, 0.1) is 11.6 Å². The highest BCUT2D eigenvalue weighted by molar-refractivity contribution is 7.08. The second kappa shape index (κ2) is 4.22. The summed E-state index contributed by atoms with van der Waals surface area (Å²) in [5, 5.41) is 11.8. The molecule has 16 heavy (non-hydrogen) atoms. The van der Waals surface area contributed by atoms with Crippen LogP contribution in [0.2, 0.25) is 0 Å². The van der Waals surface area contributed by atoms with Crippen LogP contribution in [0.5, 0.6) is 0 Å². The molecule has 0 aliphatic heterocycles. The van der Waals surface area contributed by atoms with Gasteiger partial charge < -0.3 is 0 Å². The average Bonchev–Trinajstić information content (AvgIpc) is 2.81. The number of halogens is 1. The predicted molar refractivity (Wildman–Crippen MR) is 68.0 cm³/mol. The normalized spacial score (nSPS) is 16.3. The van der Waals surface area contributed by atoms with Gasteiger partial charge in [-0.2, -0.15) is 16.4 Å². The van der Waals surface area contributed by atoms with Crippen molar-refractivity contribution in [1.29, 1.82) is 0 Å². The van der Waals surface area contributed by atoms with Gasteiger partial charge in [-0.05, 0) is 24.3 Å². The van der Waals surface area contributed by atoms with Crippen LogP contribution in [0.4, 0.5) is 0 Å². The molecule has 0 spiro atoms. The van der Waals surface area contributed by atoms with Gasteiger partial charge in [-0.25, -0.2) is 0 Å². The number of alkyl halides is 1. The Morgan fingerprint density at radius 1 is 1.50 bits per heavy atom. The van der Waals surface area contributed by atoms with E-state index in [1.165, 1.54) is 36.1 Å². The van der Waals surface area contributed by atoms with E-state index >= 15 is 0 Å². The molecule has 1 aliphatic carbocycles. The third-order valence-corrected chi connectivity index (χ3v) is 4.29. The Labute approximate surface area is 104 Å². The van der Waals surface area contributed by atoms with E-state index in [0.717, 1.165) is 5.69 Å². The first-order valence-corrected chi connectivity index (χ1v) is 7.03. The van der Waals surface area contributed by atoms with Gasteiger partial charge in [-0.1, -0.05) is 6.42 Å². The van der Waals surface area contributed by atoms with E-state index in [4.69, 9.17) is 11.6 Å². The van der Waals surface area contributed by atoms with Crippen molar-refractivity contribution in [2.45, 2.75) is 31.1 Å². The molecule has 0 unspecified atom stereocenters. The maximum Gasteiger partial charge on any atom is 0.0976 e. The Morgan fingerprint density at radius 2 is 2.38 bits per heavy atom. The minimum absolute atomic E-state index is 0.549. The summed E-state index contributed by atoms with van der Waals surface area (Å²) < 4.78 is 0. The number of aromatic nitrogens is 2. The minimum atomic E-state index is 0.549. The first-order chi connectivity index (χ1) is 7.90. The Kier molecular flexibility index (Phi) is 2.74. The van der Waals surface area contributed by atoms with Crippen molar-refractivity contribution in [3.8, 4) is 11.3 Å². The highest BCUT2D eigenvalue weighted by Crippen LogP contribution is 2.40. The molecule has 84 valence electrons. The molecule has 4 heteroatoms. The Bertz CT molecular complexity index is 471. The number of H-pyrrole nitrogens is 1. The summed E-state index contributed by atoms with van der Waals surface area (Å²) in [6.45, 7) is 0. The fourth-order valence-electron chi connectivity index (χ4n) is 2.19. The molecule has 2 aromatic rings. The summed E-state index contributed by atoms with van der Waals surface area (Å²) in [6.07, 6.45) is 3.88. The number of hydrogen-bond acceptors (Lipinski definition) is 2. The molecule has 1 fully saturated rings. The van der Waals surface area contributed by atoms with Gasteiger partial charge >= 0.3 is 0 Å². The van der Waals surface area contributed by atoms with Gasteiger partial charge in [0.25, 0.3) is 0 Å². The molecule has 2 heterocycles. The average molecular weight is 253 g/mol. The number of rotatable bonds is 3. The lowest BCUT2D eigenvalue weighted by Gasteiger charge is -2.24. The van der Waals surface area contributed by atoms with E-state index in [-0.39, 0.29) is 0 Å². The highest BCUT2D eigenvalue weighted by Gasteiger charge is 2.26. The summed E-state index contributed by atoms with van der Waals surface area (Å²) in [7, 11) is 0. The van der Waals surface area contributed by atoms with Gasteiger partial charge in [0.1, 0.15) is 0 Å². The van der Waals surface area contributed by atoms with Gasteiger partial charge in [0.15, 0.2) is 0 Å². The van der Waals surface area contributed by atoms with Gasteiger partial charge in [0, 0.05) is 28.1 Å². The minimum Gasteiger partial charge on any atom is -0.281 e. The molecule has 0 saturated heterocycles. The molecule has 0 atom stereocenters. The zero-order valence-corrected chi connectivity index (χ0v) is 10.4. The smallest absolute Gasteiger partial charge is 0.0976 e. The Balaban J connectivity index is 2.02. The standard InChI is InChI=1S/C12H13ClN2S/c13-6-10-11(8-2-1-3-8)14-15-12(10)9-4-5-16-7-9/h4-5,7-8H,1-3,6H2,(H,14,15). The van der Waals surface area contributed by atoms with Gasteiger partial charge in [-0.3, -0.25) is 5.10 Å². The number of nitrogens with zero attached hydrogens (tertiary/aromatic N) is 1. The summed E-state index contributed by atoms with van der Waals surface area (Å²) in [5.41, 5.74) is 4.69. The molecule has 3 rings (SSSR count). The highest BCUT2D eigenvalue weighted by atomic mass is 35.5. The fraction of sp³-hybridized carbons (Fsp3) is 0.417. The third-order valence-electron chi connectivity index (χ3n) is 3.34. The molecule has 2 nitrogen and oxygen atoms in total. The molecule has 0 amide bonds. The van der Waals surface area contributed by atoms with Crippen LogP contribution in [0, 0.1) is 0 Å². The van der Waals surface area contributed by atoms with E-state index in [9.17, 15) is 0 Å².